The summed E-state index contributed by atoms with van der Waals surface area (Å²) in [7, 11) is -4.14. The molecule has 0 spiro atoms. The van der Waals surface area contributed by atoms with Gasteiger partial charge in [-0.05, 0) is 24.3 Å². The average Bonchev–Trinajstić information content (AvgIpc) is 2.30. The fourth-order valence-corrected chi connectivity index (χ4v) is 2.06. The van der Waals surface area contributed by atoms with Crippen LogP contribution >= 0.6 is 7.82 Å². The number of hydrogen-bond donors (Lipinski definition) is 1. The van der Waals surface area contributed by atoms with Gasteiger partial charge in [-0.1, -0.05) is 36.4 Å². The number of phosphoric acid groups is 1. The molecule has 0 bridgehead atoms. The monoisotopic (exact) mass is 370 g/mol. The van der Waals surface area contributed by atoms with Crippen LogP contribution in [-0.2, 0) is 4.57 Å². The maximum absolute atomic E-state index is 11.7. The summed E-state index contributed by atoms with van der Waals surface area (Å²) in [5, 5.41) is 0. The molecule has 20 heavy (non-hydrogen) atoms. The van der Waals surface area contributed by atoms with Gasteiger partial charge in [0.15, 0.2) is 0 Å². The molecule has 0 saturated heterocycles. The van der Waals surface area contributed by atoms with E-state index in [0.717, 1.165) is 0 Å². The van der Waals surface area contributed by atoms with Crippen molar-refractivity contribution in [1.29, 1.82) is 0 Å². The second-order valence-corrected chi connectivity index (χ2v) is 4.58. The summed E-state index contributed by atoms with van der Waals surface area (Å²) in [6.07, 6.45) is 0. The first-order chi connectivity index (χ1) is 8.16. The molecule has 0 atom stereocenters. The zero-order valence-electron chi connectivity index (χ0n) is 8.89. The molecule has 0 radical (unpaired) electrons. The zero-order valence-corrected chi connectivity index (χ0v) is 9.79. The molecule has 0 aliphatic heterocycles. The number of para-hydroxylation sites is 2. The van der Waals surface area contributed by atoms with Crippen molar-refractivity contribution in [3.8, 4) is 11.5 Å². The molecule has 8 heteroatoms. The second kappa shape index (κ2) is 13.4. The van der Waals surface area contributed by atoms with E-state index in [1.807, 2.05) is 0 Å². The van der Waals surface area contributed by atoms with Gasteiger partial charge in [0.05, 0.1) is 0 Å². The molecule has 2 rings (SSSR count). The Bertz CT molecular complexity index is 479. The van der Waals surface area contributed by atoms with Crippen LogP contribution in [0.1, 0.15) is 0 Å². The minimum absolute atomic E-state index is 0. The third kappa shape index (κ3) is 10.1. The molecule has 1 N–H and O–H groups in total. The Kier molecular flexibility index (Phi) is 17.0. The van der Waals surface area contributed by atoms with Crippen molar-refractivity contribution in [3.63, 3.8) is 0 Å². The molecule has 2 aromatic rings. The molecule has 0 saturated carbocycles. The first-order valence-corrected chi connectivity index (χ1v) is 6.47. The normalized spacial score (nSPS) is 9.25. The van der Waals surface area contributed by atoms with E-state index in [2.05, 4.69) is 0 Å². The van der Waals surface area contributed by atoms with Gasteiger partial charge in [-0.25, -0.2) is 4.57 Å². The van der Waals surface area contributed by atoms with Crippen LogP contribution in [-0.4, -0.2) is 159 Å². The van der Waals surface area contributed by atoms with Crippen molar-refractivity contribution in [2.45, 2.75) is 0 Å². The van der Waals surface area contributed by atoms with Crippen LogP contribution in [0, 0.1) is 0 Å². The maximum atomic E-state index is 11.7. The van der Waals surface area contributed by atoms with Crippen molar-refractivity contribution < 1.29 is 18.5 Å². The summed E-state index contributed by atoms with van der Waals surface area (Å²) in [4.78, 5) is 9.53. The Morgan fingerprint density at radius 1 is 0.700 bits per heavy atom. The van der Waals surface area contributed by atoms with Gasteiger partial charge in [-0.3, -0.25) is 4.89 Å². The van der Waals surface area contributed by atoms with Gasteiger partial charge >= 0.3 is 162 Å². The molecule has 0 aromatic heterocycles. The summed E-state index contributed by atoms with van der Waals surface area (Å²) in [6.45, 7) is 0. The van der Waals surface area contributed by atoms with Gasteiger partial charge in [0.25, 0.3) is 0 Å². The summed E-state index contributed by atoms with van der Waals surface area (Å²) < 4.78 is 21.5. The molecular formula is C12H14K3O4P. The van der Waals surface area contributed by atoms with Crippen molar-refractivity contribution in [1.82, 2.24) is 0 Å². The standard InChI is InChI=1S/C12H11O4P.3K.3H/c13-17(14,15-11-7-3-1-4-8-11)16-12-9-5-2-6-10-12;;;;;;/h1-10H,(H,13,14);;;;;;. The Hall–Kier alpha value is 3.14. The van der Waals surface area contributed by atoms with Gasteiger partial charge in [0, 0.05) is 0 Å². The molecule has 0 heterocycles. The van der Waals surface area contributed by atoms with Crippen LogP contribution in [0.5, 0.6) is 11.5 Å². The van der Waals surface area contributed by atoms with E-state index in [1.54, 1.807) is 60.7 Å². The Labute approximate surface area is 246 Å². The van der Waals surface area contributed by atoms with Crippen LogP contribution in [0.25, 0.3) is 0 Å². The molecule has 0 unspecified atom stereocenters. The number of hydrogen-bond acceptors (Lipinski definition) is 3. The van der Waals surface area contributed by atoms with Crippen LogP contribution < -0.4 is 9.05 Å². The van der Waals surface area contributed by atoms with Gasteiger partial charge in [0.2, 0.25) is 0 Å². The molecule has 0 aliphatic rings. The Morgan fingerprint density at radius 2 is 1.00 bits per heavy atom. The topological polar surface area (TPSA) is 55.8 Å². The van der Waals surface area contributed by atoms with E-state index in [9.17, 15) is 9.46 Å². The number of rotatable bonds is 4. The van der Waals surface area contributed by atoms with Gasteiger partial charge < -0.3 is 9.05 Å². The molecule has 4 nitrogen and oxygen atoms in total. The molecule has 0 fully saturated rings. The van der Waals surface area contributed by atoms with Crippen LogP contribution in [0.15, 0.2) is 60.7 Å². The number of phosphoric ester groups is 1. The SMILES string of the molecule is O=P(O)(Oc1ccccc1)Oc1ccccc1.[KH].[KH].[KH]. The van der Waals surface area contributed by atoms with Gasteiger partial charge in [0.1, 0.15) is 11.5 Å². The van der Waals surface area contributed by atoms with Crippen molar-refractivity contribution in [2.75, 3.05) is 0 Å². The Balaban J connectivity index is 0. The van der Waals surface area contributed by atoms with Crippen molar-refractivity contribution in [3.05, 3.63) is 60.7 Å². The molecule has 2 aromatic carbocycles. The quantitative estimate of drug-likeness (QED) is 0.651. The first-order valence-electron chi connectivity index (χ1n) is 4.98. The van der Waals surface area contributed by atoms with E-state index in [-0.39, 0.29) is 166 Å². The molecule has 0 amide bonds. The van der Waals surface area contributed by atoms with E-state index in [0.29, 0.717) is 0 Å². The summed E-state index contributed by atoms with van der Waals surface area (Å²) in [5.41, 5.74) is 0. The fourth-order valence-electron chi connectivity index (χ4n) is 1.25. The van der Waals surface area contributed by atoms with Crippen LogP contribution in [0.4, 0.5) is 0 Å². The average molecular weight is 371 g/mol. The second-order valence-electron chi connectivity index (χ2n) is 3.28. The minimum atomic E-state index is -4.14. The van der Waals surface area contributed by atoms with E-state index in [1.165, 1.54) is 0 Å². The van der Waals surface area contributed by atoms with E-state index >= 15 is 0 Å². The fraction of sp³-hybridized carbons (Fsp3) is 0. The van der Waals surface area contributed by atoms with Crippen LogP contribution in [0.3, 0.4) is 0 Å². The summed E-state index contributed by atoms with van der Waals surface area (Å²) in [5.74, 6) is 0.573. The zero-order chi connectivity index (χ0) is 12.1. The third-order valence-corrected chi connectivity index (χ3v) is 2.81. The number of benzene rings is 2. The first kappa shape index (κ1) is 25.4. The van der Waals surface area contributed by atoms with Gasteiger partial charge in [-0.15, -0.1) is 0 Å². The summed E-state index contributed by atoms with van der Waals surface area (Å²) >= 11 is 0. The predicted octanol–water partition coefficient (Wildman–Crippen LogP) is 1.30. The van der Waals surface area contributed by atoms with Crippen LogP contribution in [0.2, 0.25) is 0 Å². The predicted molar refractivity (Wildman–Crippen MR) is 85.4 cm³/mol. The molecule has 94 valence electrons. The van der Waals surface area contributed by atoms with Crippen molar-refractivity contribution in [2.24, 2.45) is 0 Å². The Morgan fingerprint density at radius 3 is 1.30 bits per heavy atom. The molecular weight excluding hydrogens is 356 g/mol. The van der Waals surface area contributed by atoms with Gasteiger partial charge in [-0.2, -0.15) is 0 Å². The summed E-state index contributed by atoms with van der Waals surface area (Å²) in [6, 6.07) is 16.7. The third-order valence-electron chi connectivity index (χ3n) is 1.93. The molecule has 0 aliphatic carbocycles. The van der Waals surface area contributed by atoms with Crippen molar-refractivity contribution >= 4 is 162 Å². The van der Waals surface area contributed by atoms with E-state index < -0.39 is 7.82 Å². The van der Waals surface area contributed by atoms with E-state index in [4.69, 9.17) is 9.05 Å².